The van der Waals surface area contributed by atoms with Crippen LogP contribution in [0, 0.1) is 0 Å². The molecule has 0 N–H and O–H groups in total. The Morgan fingerprint density at radius 2 is 1.77 bits per heavy atom. The predicted molar refractivity (Wildman–Crippen MR) is 91.9 cm³/mol. The van der Waals surface area contributed by atoms with Crippen LogP contribution in [0.3, 0.4) is 0 Å². The van der Waals surface area contributed by atoms with Gasteiger partial charge in [-0.2, -0.15) is 0 Å². The molecule has 0 aromatic heterocycles. The summed E-state index contributed by atoms with van der Waals surface area (Å²) in [5.74, 6) is 0.116. The first kappa shape index (κ1) is 13.4. The fraction of sp³-hybridized carbons (Fsp3) is 0.105. The van der Waals surface area contributed by atoms with Crippen molar-refractivity contribution in [2.24, 2.45) is 0 Å². The summed E-state index contributed by atoms with van der Waals surface area (Å²) >= 11 is 1.74. The number of rotatable bonds is 3. The summed E-state index contributed by atoms with van der Waals surface area (Å²) in [6.45, 7) is 2.72. The Kier molecular flexibility index (Phi) is 3.16. The quantitative estimate of drug-likeness (QED) is 0.681. The highest BCUT2D eigenvalue weighted by Gasteiger charge is 2.29. The summed E-state index contributed by atoms with van der Waals surface area (Å²) in [6.07, 6.45) is 0. The van der Waals surface area contributed by atoms with Gasteiger partial charge in [0, 0.05) is 27.3 Å². The monoisotopic (exact) mass is 305 g/mol. The molecule has 0 atom stereocenters. The molecule has 0 bridgehead atoms. The molecule has 22 heavy (non-hydrogen) atoms. The summed E-state index contributed by atoms with van der Waals surface area (Å²) in [6, 6.07) is 20.6. The van der Waals surface area contributed by atoms with Gasteiger partial charge in [0.2, 0.25) is 0 Å². The Bertz CT molecular complexity index is 873. The van der Waals surface area contributed by atoms with Gasteiger partial charge in [0.1, 0.15) is 0 Å². The number of benzene rings is 3. The summed E-state index contributed by atoms with van der Waals surface area (Å²) in [4.78, 5) is 16.8. The molecule has 1 aliphatic rings. The van der Waals surface area contributed by atoms with Gasteiger partial charge in [-0.25, -0.2) is 0 Å². The van der Waals surface area contributed by atoms with E-state index < -0.39 is 0 Å². The van der Waals surface area contributed by atoms with E-state index in [1.807, 2.05) is 42.2 Å². The van der Waals surface area contributed by atoms with Gasteiger partial charge < -0.3 is 4.90 Å². The number of carbonyl (C=O) groups excluding carboxylic acids is 1. The Labute approximate surface area is 133 Å². The van der Waals surface area contributed by atoms with Crippen molar-refractivity contribution in [1.82, 2.24) is 0 Å². The van der Waals surface area contributed by atoms with Gasteiger partial charge in [-0.05, 0) is 42.6 Å². The van der Waals surface area contributed by atoms with Crippen molar-refractivity contribution in [3.8, 4) is 0 Å². The van der Waals surface area contributed by atoms with Gasteiger partial charge >= 0.3 is 0 Å². The van der Waals surface area contributed by atoms with Crippen molar-refractivity contribution >= 4 is 34.1 Å². The van der Waals surface area contributed by atoms with E-state index in [9.17, 15) is 4.79 Å². The minimum Gasteiger partial charge on any atom is -0.308 e. The van der Waals surface area contributed by atoms with Gasteiger partial charge in [-0.15, -0.1) is 0 Å². The van der Waals surface area contributed by atoms with Crippen LogP contribution in [0.5, 0.6) is 0 Å². The first-order chi connectivity index (χ1) is 10.8. The van der Waals surface area contributed by atoms with Gasteiger partial charge in [0.25, 0.3) is 5.91 Å². The third kappa shape index (κ3) is 1.93. The van der Waals surface area contributed by atoms with Crippen LogP contribution < -0.4 is 4.90 Å². The van der Waals surface area contributed by atoms with Crippen molar-refractivity contribution in [2.45, 2.75) is 16.7 Å². The van der Waals surface area contributed by atoms with Crippen LogP contribution in [-0.4, -0.2) is 12.5 Å². The predicted octanol–water partition coefficient (Wildman–Crippen LogP) is 4.97. The summed E-state index contributed by atoms with van der Waals surface area (Å²) in [5.41, 5.74) is 1.86. The molecule has 3 heteroatoms. The molecule has 2 nitrogen and oxygen atoms in total. The average Bonchev–Trinajstić information content (AvgIpc) is 2.84. The van der Waals surface area contributed by atoms with E-state index in [2.05, 4.69) is 30.3 Å². The minimum absolute atomic E-state index is 0.116. The molecular weight excluding hydrogens is 290 g/mol. The summed E-state index contributed by atoms with van der Waals surface area (Å²) in [7, 11) is 0. The normalized spacial score (nSPS) is 13.1. The van der Waals surface area contributed by atoms with Crippen LogP contribution in [0.25, 0.3) is 10.8 Å². The SMILES string of the molecule is CCN1C(=O)c2cccc3c(Sc4ccccc4)ccc1c23. The molecule has 0 spiro atoms. The smallest absolute Gasteiger partial charge is 0.258 e. The molecule has 0 radical (unpaired) electrons. The van der Waals surface area contributed by atoms with E-state index in [0.717, 1.165) is 22.0 Å². The maximum Gasteiger partial charge on any atom is 0.258 e. The lowest BCUT2D eigenvalue weighted by molar-refractivity contribution is 0.0994. The molecule has 0 saturated carbocycles. The van der Waals surface area contributed by atoms with Crippen molar-refractivity contribution < 1.29 is 4.79 Å². The van der Waals surface area contributed by atoms with Gasteiger partial charge in [-0.3, -0.25) is 4.79 Å². The molecule has 0 aliphatic carbocycles. The molecule has 1 aliphatic heterocycles. The van der Waals surface area contributed by atoms with Gasteiger partial charge in [-0.1, -0.05) is 42.1 Å². The number of amides is 1. The molecule has 4 rings (SSSR count). The molecule has 0 fully saturated rings. The Morgan fingerprint density at radius 3 is 2.55 bits per heavy atom. The van der Waals surface area contributed by atoms with Crippen LogP contribution >= 0.6 is 11.8 Å². The lowest BCUT2D eigenvalue weighted by atomic mass is 10.1. The number of nitrogens with zero attached hydrogens (tertiary/aromatic N) is 1. The molecule has 1 heterocycles. The van der Waals surface area contributed by atoms with E-state index in [1.54, 1.807) is 11.8 Å². The van der Waals surface area contributed by atoms with E-state index in [-0.39, 0.29) is 5.91 Å². The van der Waals surface area contributed by atoms with Crippen molar-refractivity contribution in [3.63, 3.8) is 0 Å². The zero-order valence-corrected chi connectivity index (χ0v) is 13.1. The molecule has 3 aromatic carbocycles. The lowest BCUT2D eigenvalue weighted by Crippen LogP contribution is -2.25. The molecule has 108 valence electrons. The van der Waals surface area contributed by atoms with Crippen LogP contribution in [0.1, 0.15) is 17.3 Å². The van der Waals surface area contributed by atoms with Gasteiger partial charge in [0.05, 0.1) is 5.69 Å². The standard InChI is InChI=1S/C19H15NOS/c1-2-20-16-11-12-17(22-13-7-4-3-5-8-13)14-9-6-10-15(18(14)16)19(20)21/h3-12H,2H2,1H3. The molecule has 0 unspecified atom stereocenters. The van der Waals surface area contributed by atoms with E-state index in [1.165, 1.54) is 9.79 Å². The topological polar surface area (TPSA) is 20.3 Å². The number of anilines is 1. The fourth-order valence-corrected chi connectivity index (χ4v) is 4.00. The van der Waals surface area contributed by atoms with E-state index in [0.29, 0.717) is 6.54 Å². The molecular formula is C19H15NOS. The highest BCUT2D eigenvalue weighted by atomic mass is 32.2. The maximum atomic E-state index is 12.5. The summed E-state index contributed by atoms with van der Waals surface area (Å²) in [5, 5.41) is 2.25. The average molecular weight is 305 g/mol. The number of hydrogen-bond acceptors (Lipinski definition) is 2. The Balaban J connectivity index is 1.90. The van der Waals surface area contributed by atoms with Crippen LogP contribution in [-0.2, 0) is 0 Å². The zero-order chi connectivity index (χ0) is 15.1. The first-order valence-corrected chi connectivity index (χ1v) is 8.21. The van der Waals surface area contributed by atoms with E-state index >= 15 is 0 Å². The third-order valence-electron chi connectivity index (χ3n) is 4.03. The molecule has 0 saturated heterocycles. The summed E-state index contributed by atoms with van der Waals surface area (Å²) < 4.78 is 0. The van der Waals surface area contributed by atoms with Crippen molar-refractivity contribution in [1.29, 1.82) is 0 Å². The zero-order valence-electron chi connectivity index (χ0n) is 12.2. The second kappa shape index (κ2) is 5.18. The number of carbonyl (C=O) groups is 1. The Morgan fingerprint density at radius 1 is 0.955 bits per heavy atom. The lowest BCUT2D eigenvalue weighted by Gasteiger charge is -2.15. The van der Waals surface area contributed by atoms with Crippen LogP contribution in [0.2, 0.25) is 0 Å². The van der Waals surface area contributed by atoms with Crippen LogP contribution in [0.4, 0.5) is 5.69 Å². The molecule has 1 amide bonds. The van der Waals surface area contributed by atoms with Crippen LogP contribution in [0.15, 0.2) is 70.5 Å². The minimum atomic E-state index is 0.116. The second-order valence-corrected chi connectivity index (χ2v) is 6.39. The maximum absolute atomic E-state index is 12.5. The first-order valence-electron chi connectivity index (χ1n) is 7.40. The largest absolute Gasteiger partial charge is 0.308 e. The third-order valence-corrected chi connectivity index (χ3v) is 5.12. The molecule has 3 aromatic rings. The number of hydrogen-bond donors (Lipinski definition) is 0. The fourth-order valence-electron chi connectivity index (χ4n) is 3.04. The van der Waals surface area contributed by atoms with Crippen molar-refractivity contribution in [2.75, 3.05) is 11.4 Å². The van der Waals surface area contributed by atoms with Crippen molar-refractivity contribution in [3.05, 3.63) is 66.2 Å². The van der Waals surface area contributed by atoms with Gasteiger partial charge in [0.15, 0.2) is 0 Å². The highest BCUT2D eigenvalue weighted by Crippen LogP contribution is 2.42. The second-order valence-electron chi connectivity index (χ2n) is 5.28. The highest BCUT2D eigenvalue weighted by molar-refractivity contribution is 7.99. The van der Waals surface area contributed by atoms with E-state index in [4.69, 9.17) is 0 Å². The Hall–Kier alpha value is -2.26.